The number of nitrogens with two attached hydrogens (primary N) is 1. The van der Waals surface area contributed by atoms with Crippen LogP contribution < -0.4 is 11.1 Å². The Morgan fingerprint density at radius 1 is 1.53 bits per heavy atom. The normalized spacial score (nSPS) is 12.4. The van der Waals surface area contributed by atoms with Gasteiger partial charge >= 0.3 is 0 Å². The molecule has 5 nitrogen and oxygen atoms in total. The number of aliphatic hydroxyl groups is 1. The maximum absolute atomic E-state index is 11.1. The number of rotatable bonds is 8. The Kier molecular flexibility index (Phi) is 6.49. The zero-order chi connectivity index (χ0) is 14.3. The van der Waals surface area contributed by atoms with E-state index in [0.717, 1.165) is 11.1 Å². The topological polar surface area (TPSA) is 84.6 Å². The molecule has 4 N–H and O–H groups in total. The summed E-state index contributed by atoms with van der Waals surface area (Å²) in [6, 6.07) is 5.52. The molecule has 0 aliphatic rings. The molecular weight excluding hydrogens is 244 g/mol. The highest BCUT2D eigenvalue weighted by atomic mass is 16.5. The van der Waals surface area contributed by atoms with Crippen molar-refractivity contribution in [3.63, 3.8) is 0 Å². The molecular formula is C14H22N2O3. The average Bonchev–Trinajstić information content (AvgIpc) is 2.37. The van der Waals surface area contributed by atoms with E-state index < -0.39 is 5.91 Å². The fourth-order valence-corrected chi connectivity index (χ4v) is 1.90. The second-order valence-corrected chi connectivity index (χ2v) is 4.55. The summed E-state index contributed by atoms with van der Waals surface area (Å²) in [5.41, 5.74) is 7.87. The minimum atomic E-state index is -0.417. The van der Waals surface area contributed by atoms with Crippen LogP contribution in [-0.2, 0) is 11.3 Å². The third kappa shape index (κ3) is 4.98. The van der Waals surface area contributed by atoms with E-state index in [2.05, 4.69) is 5.32 Å². The van der Waals surface area contributed by atoms with E-state index in [1.54, 1.807) is 19.2 Å². The van der Waals surface area contributed by atoms with Gasteiger partial charge in [-0.25, -0.2) is 0 Å². The molecule has 0 radical (unpaired) electrons. The minimum Gasteiger partial charge on any atom is -0.396 e. The summed E-state index contributed by atoms with van der Waals surface area (Å²) >= 11 is 0. The molecule has 1 amide bonds. The molecule has 19 heavy (non-hydrogen) atoms. The van der Waals surface area contributed by atoms with E-state index in [-0.39, 0.29) is 12.6 Å². The first-order valence-electron chi connectivity index (χ1n) is 6.31. The number of aryl methyl sites for hydroxylation is 1. The molecule has 0 fully saturated rings. The number of aliphatic hydroxyl groups excluding tert-OH is 1. The average molecular weight is 266 g/mol. The second kappa shape index (κ2) is 7.89. The van der Waals surface area contributed by atoms with E-state index in [9.17, 15) is 4.79 Å². The van der Waals surface area contributed by atoms with Crippen molar-refractivity contribution in [2.24, 2.45) is 5.73 Å². The van der Waals surface area contributed by atoms with Gasteiger partial charge in [0.25, 0.3) is 0 Å². The maximum Gasteiger partial charge on any atom is 0.248 e. The Morgan fingerprint density at radius 3 is 2.79 bits per heavy atom. The SMILES string of the molecule is COCC(CCO)NCc1ccc(C(N)=O)cc1C. The molecule has 1 unspecified atom stereocenters. The van der Waals surface area contributed by atoms with Crippen LogP contribution in [0.5, 0.6) is 0 Å². The first-order chi connectivity index (χ1) is 9.08. The van der Waals surface area contributed by atoms with Gasteiger partial charge < -0.3 is 20.9 Å². The Labute approximate surface area is 113 Å². The molecule has 106 valence electrons. The highest BCUT2D eigenvalue weighted by Crippen LogP contribution is 2.11. The number of benzene rings is 1. The molecule has 5 heteroatoms. The van der Waals surface area contributed by atoms with Crippen molar-refractivity contribution >= 4 is 5.91 Å². The zero-order valence-corrected chi connectivity index (χ0v) is 11.5. The molecule has 0 aliphatic heterocycles. The predicted molar refractivity (Wildman–Crippen MR) is 73.9 cm³/mol. The molecule has 1 atom stereocenters. The van der Waals surface area contributed by atoms with Crippen LogP contribution in [0.3, 0.4) is 0 Å². The van der Waals surface area contributed by atoms with Crippen LogP contribution in [-0.4, -0.2) is 37.4 Å². The number of primary amides is 1. The minimum absolute atomic E-state index is 0.116. The van der Waals surface area contributed by atoms with Crippen LogP contribution >= 0.6 is 0 Å². The number of amides is 1. The van der Waals surface area contributed by atoms with Crippen molar-refractivity contribution < 1.29 is 14.6 Å². The lowest BCUT2D eigenvalue weighted by atomic mass is 10.0. The van der Waals surface area contributed by atoms with Crippen molar-refractivity contribution in [1.29, 1.82) is 0 Å². The van der Waals surface area contributed by atoms with Crippen molar-refractivity contribution in [3.8, 4) is 0 Å². The van der Waals surface area contributed by atoms with Crippen molar-refractivity contribution in [2.75, 3.05) is 20.3 Å². The van der Waals surface area contributed by atoms with E-state index in [0.29, 0.717) is 25.1 Å². The first-order valence-corrected chi connectivity index (χ1v) is 6.31. The number of carbonyl (C=O) groups excluding carboxylic acids is 1. The molecule has 0 bridgehead atoms. The standard InChI is InChI=1S/C14H22N2O3/c1-10-7-11(14(15)18)3-4-12(10)8-16-13(5-6-17)9-19-2/h3-4,7,13,16-17H,5-6,8-9H2,1-2H3,(H2,15,18). The van der Waals surface area contributed by atoms with Gasteiger partial charge in [0, 0.05) is 31.9 Å². The lowest BCUT2D eigenvalue weighted by Gasteiger charge is -2.17. The fraction of sp³-hybridized carbons (Fsp3) is 0.500. The third-order valence-corrected chi connectivity index (χ3v) is 3.05. The summed E-state index contributed by atoms with van der Waals surface area (Å²) in [6.45, 7) is 3.29. The van der Waals surface area contributed by atoms with E-state index in [1.165, 1.54) is 0 Å². The monoisotopic (exact) mass is 266 g/mol. The predicted octanol–water partition coefficient (Wildman–Crippen LogP) is 0.581. The number of carbonyl (C=O) groups is 1. The Morgan fingerprint density at radius 2 is 2.26 bits per heavy atom. The highest BCUT2D eigenvalue weighted by Gasteiger charge is 2.09. The molecule has 0 spiro atoms. The summed E-state index contributed by atoms with van der Waals surface area (Å²) in [5, 5.41) is 12.3. The molecule has 1 aromatic rings. The van der Waals surface area contributed by atoms with Gasteiger partial charge in [0.1, 0.15) is 0 Å². The summed E-state index contributed by atoms with van der Waals surface area (Å²) < 4.78 is 5.09. The summed E-state index contributed by atoms with van der Waals surface area (Å²) in [7, 11) is 1.64. The molecule has 0 aromatic heterocycles. The van der Waals surface area contributed by atoms with Gasteiger partial charge in [0.15, 0.2) is 0 Å². The molecule has 0 saturated carbocycles. The summed E-state index contributed by atoms with van der Waals surface area (Å²) in [6.07, 6.45) is 0.645. The molecule has 0 aliphatic carbocycles. The molecule has 1 rings (SSSR count). The van der Waals surface area contributed by atoms with Gasteiger partial charge in [-0.1, -0.05) is 6.07 Å². The number of hydrogen-bond acceptors (Lipinski definition) is 4. The van der Waals surface area contributed by atoms with Crippen LogP contribution in [0.2, 0.25) is 0 Å². The maximum atomic E-state index is 11.1. The molecule has 0 saturated heterocycles. The smallest absolute Gasteiger partial charge is 0.248 e. The van der Waals surface area contributed by atoms with Crippen LogP contribution in [0.4, 0.5) is 0 Å². The van der Waals surface area contributed by atoms with Gasteiger partial charge in [0.2, 0.25) is 5.91 Å². The van der Waals surface area contributed by atoms with Crippen LogP contribution in [0.25, 0.3) is 0 Å². The summed E-state index contributed by atoms with van der Waals surface area (Å²) in [5.74, 6) is -0.417. The largest absolute Gasteiger partial charge is 0.396 e. The first kappa shape index (κ1) is 15.6. The molecule has 1 aromatic carbocycles. The van der Waals surface area contributed by atoms with Crippen molar-refractivity contribution in [3.05, 3.63) is 34.9 Å². The zero-order valence-electron chi connectivity index (χ0n) is 11.5. The number of ether oxygens (including phenoxy) is 1. The van der Waals surface area contributed by atoms with Gasteiger partial charge in [-0.15, -0.1) is 0 Å². The van der Waals surface area contributed by atoms with Gasteiger partial charge in [-0.3, -0.25) is 4.79 Å². The van der Waals surface area contributed by atoms with Gasteiger partial charge in [-0.2, -0.15) is 0 Å². The third-order valence-electron chi connectivity index (χ3n) is 3.05. The number of methoxy groups -OCH3 is 1. The summed E-state index contributed by atoms with van der Waals surface area (Å²) in [4.78, 5) is 11.1. The molecule has 0 heterocycles. The quantitative estimate of drug-likeness (QED) is 0.642. The Hall–Kier alpha value is -1.43. The van der Waals surface area contributed by atoms with Crippen LogP contribution in [0.1, 0.15) is 27.9 Å². The van der Waals surface area contributed by atoms with E-state index in [1.807, 2.05) is 13.0 Å². The number of hydrogen-bond donors (Lipinski definition) is 3. The van der Waals surface area contributed by atoms with Gasteiger partial charge in [-0.05, 0) is 36.6 Å². The second-order valence-electron chi connectivity index (χ2n) is 4.55. The van der Waals surface area contributed by atoms with Crippen LogP contribution in [0.15, 0.2) is 18.2 Å². The van der Waals surface area contributed by atoms with E-state index in [4.69, 9.17) is 15.6 Å². The van der Waals surface area contributed by atoms with Crippen LogP contribution in [0, 0.1) is 6.92 Å². The van der Waals surface area contributed by atoms with Gasteiger partial charge in [0.05, 0.1) is 6.61 Å². The fourth-order valence-electron chi connectivity index (χ4n) is 1.90. The lowest BCUT2D eigenvalue weighted by Crippen LogP contribution is -2.33. The van der Waals surface area contributed by atoms with Crippen molar-refractivity contribution in [2.45, 2.75) is 25.9 Å². The van der Waals surface area contributed by atoms with Crippen molar-refractivity contribution in [1.82, 2.24) is 5.32 Å². The Bertz CT molecular complexity index is 415. The lowest BCUT2D eigenvalue weighted by molar-refractivity contribution is 0.1000. The highest BCUT2D eigenvalue weighted by molar-refractivity contribution is 5.93. The van der Waals surface area contributed by atoms with E-state index >= 15 is 0 Å². The number of nitrogens with one attached hydrogen (secondary N) is 1. The Balaban J connectivity index is 2.63.